The van der Waals surface area contributed by atoms with Crippen molar-refractivity contribution in [1.82, 2.24) is 5.32 Å². The minimum absolute atomic E-state index is 0.150. The van der Waals surface area contributed by atoms with Gasteiger partial charge >= 0.3 is 0 Å². The van der Waals surface area contributed by atoms with Gasteiger partial charge in [-0.15, -0.1) is 0 Å². The average molecular weight is 299 g/mol. The van der Waals surface area contributed by atoms with Gasteiger partial charge in [-0.25, -0.2) is 0 Å². The van der Waals surface area contributed by atoms with Crippen LogP contribution in [-0.4, -0.2) is 35.0 Å². The minimum atomic E-state index is -0.259. The van der Waals surface area contributed by atoms with Crippen molar-refractivity contribution in [3.63, 3.8) is 0 Å². The van der Waals surface area contributed by atoms with E-state index in [4.69, 9.17) is 5.11 Å². The van der Waals surface area contributed by atoms with Crippen molar-refractivity contribution in [3.05, 3.63) is 0 Å². The maximum Gasteiger partial charge on any atom is 0.0709 e. The number of unbranched alkanes of at least 4 members (excludes halogenated alkanes) is 11. The fourth-order valence-corrected chi connectivity index (χ4v) is 3.11. The van der Waals surface area contributed by atoms with Crippen molar-refractivity contribution in [2.75, 3.05) is 6.61 Å². The number of hydrogen-bond acceptors (Lipinski definition) is 3. The molecule has 1 aliphatic heterocycles. The van der Waals surface area contributed by atoms with Crippen LogP contribution in [0.3, 0.4) is 0 Å². The highest BCUT2D eigenvalue weighted by atomic mass is 16.3. The molecule has 1 rings (SSSR count). The van der Waals surface area contributed by atoms with Crippen LogP contribution < -0.4 is 5.32 Å². The van der Waals surface area contributed by atoms with E-state index in [1.54, 1.807) is 0 Å². The number of rotatable bonds is 15. The molecule has 3 atom stereocenters. The van der Waals surface area contributed by atoms with Gasteiger partial charge in [0.2, 0.25) is 0 Å². The molecule has 3 nitrogen and oxygen atoms in total. The highest BCUT2D eigenvalue weighted by Crippen LogP contribution is 2.19. The first-order valence-corrected chi connectivity index (χ1v) is 9.34. The Balaban J connectivity index is 1.73. The summed E-state index contributed by atoms with van der Waals surface area (Å²) in [6.45, 7) is 2.42. The molecule has 0 saturated carbocycles. The second kappa shape index (κ2) is 12.4. The fraction of sp³-hybridized carbons (Fsp3) is 1.00. The van der Waals surface area contributed by atoms with Gasteiger partial charge in [0, 0.05) is 6.04 Å². The minimum Gasteiger partial charge on any atom is -0.395 e. The van der Waals surface area contributed by atoms with Crippen LogP contribution in [-0.2, 0) is 0 Å². The Hall–Kier alpha value is -0.120. The van der Waals surface area contributed by atoms with Crippen LogP contribution in [0.4, 0.5) is 0 Å². The van der Waals surface area contributed by atoms with Crippen molar-refractivity contribution >= 4 is 0 Å². The van der Waals surface area contributed by atoms with E-state index in [2.05, 4.69) is 12.2 Å². The second-order valence-corrected chi connectivity index (χ2v) is 6.73. The van der Waals surface area contributed by atoms with Crippen molar-refractivity contribution in [1.29, 1.82) is 0 Å². The van der Waals surface area contributed by atoms with E-state index in [0.29, 0.717) is 0 Å². The predicted octanol–water partition coefficient (Wildman–Crippen LogP) is 3.77. The topological polar surface area (TPSA) is 62.4 Å². The Morgan fingerprint density at radius 1 is 0.810 bits per heavy atom. The van der Waals surface area contributed by atoms with E-state index >= 15 is 0 Å². The zero-order valence-electron chi connectivity index (χ0n) is 14.0. The molecule has 126 valence electrons. The van der Waals surface area contributed by atoms with E-state index in [0.717, 1.165) is 12.8 Å². The van der Waals surface area contributed by atoms with E-state index in [1.165, 1.54) is 70.6 Å². The van der Waals surface area contributed by atoms with Crippen LogP contribution in [0.15, 0.2) is 0 Å². The van der Waals surface area contributed by atoms with Gasteiger partial charge in [-0.3, -0.25) is 0 Å². The molecule has 0 spiro atoms. The molecule has 0 aliphatic carbocycles. The first-order chi connectivity index (χ1) is 10.3. The Kier molecular flexibility index (Phi) is 11.2. The molecule has 21 heavy (non-hydrogen) atoms. The summed E-state index contributed by atoms with van der Waals surface area (Å²) in [7, 11) is 0. The Bertz CT molecular complexity index is 235. The molecule has 3 heteroatoms. The molecular weight excluding hydrogens is 262 g/mol. The zero-order valence-corrected chi connectivity index (χ0v) is 14.0. The smallest absolute Gasteiger partial charge is 0.0709 e. The largest absolute Gasteiger partial charge is 0.395 e. The maximum atomic E-state index is 9.88. The molecule has 1 heterocycles. The van der Waals surface area contributed by atoms with Crippen LogP contribution in [0.25, 0.3) is 0 Å². The summed E-state index contributed by atoms with van der Waals surface area (Å²) >= 11 is 0. The van der Waals surface area contributed by atoms with Crippen LogP contribution in [0, 0.1) is 0 Å². The molecule has 1 aliphatic rings. The molecule has 0 unspecified atom stereocenters. The summed E-state index contributed by atoms with van der Waals surface area (Å²) in [5.41, 5.74) is 0. The van der Waals surface area contributed by atoms with E-state index in [9.17, 15) is 5.11 Å². The van der Waals surface area contributed by atoms with Crippen molar-refractivity contribution in [2.45, 2.75) is 109 Å². The molecule has 0 radical (unpaired) electrons. The van der Waals surface area contributed by atoms with Crippen molar-refractivity contribution in [2.24, 2.45) is 0 Å². The lowest BCUT2D eigenvalue weighted by atomic mass is 10.0. The highest BCUT2D eigenvalue weighted by Gasteiger charge is 2.40. The van der Waals surface area contributed by atoms with E-state index in [-0.39, 0.29) is 24.8 Å². The number of hydrogen-bond donors (Lipinski definition) is 3. The van der Waals surface area contributed by atoms with Crippen molar-refractivity contribution in [3.8, 4) is 0 Å². The van der Waals surface area contributed by atoms with Crippen LogP contribution >= 0.6 is 0 Å². The first kappa shape index (κ1) is 18.9. The van der Waals surface area contributed by atoms with Crippen LogP contribution in [0.5, 0.6) is 0 Å². The standard InChI is InChI=1S/C18H37NO2/c1-2-3-4-5-6-7-8-9-10-11-12-13-14-17(21)18-16(15-20)19-18/h16-21H,2-15H2,1H3/t16-,17+,18-/m0/s1. The zero-order chi connectivity index (χ0) is 15.3. The molecule has 0 aromatic carbocycles. The van der Waals surface area contributed by atoms with Gasteiger partial charge < -0.3 is 15.5 Å². The van der Waals surface area contributed by atoms with Crippen LogP contribution in [0.1, 0.15) is 90.4 Å². The molecule has 1 fully saturated rings. The Morgan fingerprint density at radius 3 is 1.71 bits per heavy atom. The monoisotopic (exact) mass is 299 g/mol. The lowest BCUT2D eigenvalue weighted by molar-refractivity contribution is 0.152. The van der Waals surface area contributed by atoms with Gasteiger partial charge in [0.15, 0.2) is 0 Å². The van der Waals surface area contributed by atoms with Crippen LogP contribution in [0.2, 0.25) is 0 Å². The number of nitrogens with one attached hydrogen (secondary N) is 1. The summed E-state index contributed by atoms with van der Waals surface area (Å²) in [6.07, 6.45) is 16.9. The van der Waals surface area contributed by atoms with E-state index < -0.39 is 0 Å². The molecular formula is C18H37NO2. The van der Waals surface area contributed by atoms with Gasteiger partial charge in [-0.05, 0) is 6.42 Å². The summed E-state index contributed by atoms with van der Waals surface area (Å²) in [5.74, 6) is 0. The molecule has 1 saturated heterocycles. The van der Waals surface area contributed by atoms with Gasteiger partial charge in [-0.1, -0.05) is 84.0 Å². The third-order valence-corrected chi connectivity index (χ3v) is 4.70. The van der Waals surface area contributed by atoms with Crippen molar-refractivity contribution < 1.29 is 10.2 Å². The number of aliphatic hydroxyl groups is 2. The first-order valence-electron chi connectivity index (χ1n) is 9.34. The average Bonchev–Trinajstić information content (AvgIpc) is 3.28. The number of aliphatic hydroxyl groups excluding tert-OH is 2. The lowest BCUT2D eigenvalue weighted by Gasteiger charge is -2.08. The summed E-state index contributed by atoms with van der Waals surface area (Å²) in [5, 5.41) is 21.9. The Labute approximate surface area is 131 Å². The van der Waals surface area contributed by atoms with Gasteiger partial charge in [0.05, 0.1) is 18.8 Å². The quantitative estimate of drug-likeness (QED) is 0.318. The van der Waals surface area contributed by atoms with E-state index in [1.807, 2.05) is 0 Å². The lowest BCUT2D eigenvalue weighted by Crippen LogP contribution is -2.18. The third kappa shape index (κ3) is 9.49. The van der Waals surface area contributed by atoms with Gasteiger partial charge in [0.1, 0.15) is 0 Å². The third-order valence-electron chi connectivity index (χ3n) is 4.70. The predicted molar refractivity (Wildman–Crippen MR) is 89.5 cm³/mol. The molecule has 3 N–H and O–H groups in total. The molecule has 0 aromatic rings. The highest BCUT2D eigenvalue weighted by molar-refractivity contribution is 5.01. The maximum absolute atomic E-state index is 9.88. The molecule has 0 bridgehead atoms. The molecule has 0 aromatic heterocycles. The summed E-state index contributed by atoms with van der Waals surface area (Å²) in [4.78, 5) is 0. The summed E-state index contributed by atoms with van der Waals surface area (Å²) in [6, 6.07) is 0.306. The summed E-state index contributed by atoms with van der Waals surface area (Å²) < 4.78 is 0. The second-order valence-electron chi connectivity index (χ2n) is 6.73. The SMILES string of the molecule is CCCCCCCCCCCCCC[C@@H](O)[C@H]1N[C@H]1CO. The molecule has 0 amide bonds. The normalized spacial score (nSPS) is 22.4. The van der Waals surface area contributed by atoms with Gasteiger partial charge in [0.25, 0.3) is 0 Å². The van der Waals surface area contributed by atoms with Gasteiger partial charge in [-0.2, -0.15) is 0 Å². The fourth-order valence-electron chi connectivity index (χ4n) is 3.11. The Morgan fingerprint density at radius 2 is 1.29 bits per heavy atom.